The van der Waals surface area contributed by atoms with Crippen LogP contribution >= 0.6 is 0 Å². The summed E-state index contributed by atoms with van der Waals surface area (Å²) < 4.78 is 10.9. The molecular weight excluding hydrogens is 330 g/mol. The van der Waals surface area contributed by atoms with E-state index in [-0.39, 0.29) is 5.91 Å². The predicted molar refractivity (Wildman–Crippen MR) is 99.9 cm³/mol. The van der Waals surface area contributed by atoms with E-state index < -0.39 is 0 Å². The average molecular weight is 351 g/mol. The van der Waals surface area contributed by atoms with Gasteiger partial charge in [-0.1, -0.05) is 12.1 Å². The minimum absolute atomic E-state index is 0.0345. The molecule has 0 N–H and O–H groups in total. The number of benzene rings is 2. The molecular formula is C20H21N3O3. The van der Waals surface area contributed by atoms with Gasteiger partial charge in [-0.15, -0.1) is 0 Å². The van der Waals surface area contributed by atoms with Crippen molar-refractivity contribution in [1.29, 1.82) is 0 Å². The van der Waals surface area contributed by atoms with Crippen molar-refractivity contribution in [2.75, 3.05) is 38.2 Å². The Morgan fingerprint density at radius 3 is 2.65 bits per heavy atom. The van der Waals surface area contributed by atoms with Crippen molar-refractivity contribution in [3.05, 3.63) is 53.9 Å². The minimum Gasteiger partial charge on any atom is -0.495 e. The van der Waals surface area contributed by atoms with Crippen LogP contribution in [0.1, 0.15) is 16.2 Å². The lowest BCUT2D eigenvalue weighted by molar-refractivity contribution is 0.0747. The second-order valence-electron chi connectivity index (χ2n) is 6.37. The van der Waals surface area contributed by atoms with Crippen molar-refractivity contribution in [2.45, 2.75) is 6.92 Å². The van der Waals surface area contributed by atoms with Crippen LogP contribution in [-0.4, -0.2) is 49.1 Å². The van der Waals surface area contributed by atoms with Crippen LogP contribution in [0.15, 0.2) is 46.9 Å². The van der Waals surface area contributed by atoms with E-state index in [1.165, 1.54) is 0 Å². The van der Waals surface area contributed by atoms with Gasteiger partial charge in [0, 0.05) is 38.7 Å². The van der Waals surface area contributed by atoms with E-state index in [0.29, 0.717) is 30.1 Å². The zero-order valence-corrected chi connectivity index (χ0v) is 14.9. The van der Waals surface area contributed by atoms with E-state index in [1.54, 1.807) is 20.1 Å². The van der Waals surface area contributed by atoms with Gasteiger partial charge in [0.2, 0.25) is 0 Å². The first kappa shape index (κ1) is 16.4. The van der Waals surface area contributed by atoms with E-state index in [1.807, 2.05) is 35.2 Å². The Morgan fingerprint density at radius 2 is 1.88 bits per heavy atom. The Morgan fingerprint density at radius 1 is 1.12 bits per heavy atom. The number of anilines is 1. The molecule has 0 radical (unpaired) electrons. The summed E-state index contributed by atoms with van der Waals surface area (Å²) in [5.74, 6) is 1.50. The quantitative estimate of drug-likeness (QED) is 0.726. The predicted octanol–water partition coefficient (Wildman–Crippen LogP) is 3.11. The summed E-state index contributed by atoms with van der Waals surface area (Å²) in [5.41, 5.74) is 3.15. The summed E-state index contributed by atoms with van der Waals surface area (Å²) in [5, 5.41) is 0. The number of methoxy groups -OCH3 is 1. The number of rotatable bonds is 3. The molecule has 6 nitrogen and oxygen atoms in total. The summed E-state index contributed by atoms with van der Waals surface area (Å²) in [4.78, 5) is 21.3. The van der Waals surface area contributed by atoms with Gasteiger partial charge in [0.15, 0.2) is 11.5 Å². The molecule has 0 spiro atoms. The molecule has 0 bridgehead atoms. The number of piperazine rings is 1. The van der Waals surface area contributed by atoms with Crippen LogP contribution in [0, 0.1) is 6.92 Å². The monoisotopic (exact) mass is 351 g/mol. The van der Waals surface area contributed by atoms with Crippen LogP contribution in [0.4, 0.5) is 5.69 Å². The topological polar surface area (TPSA) is 58.8 Å². The van der Waals surface area contributed by atoms with Crippen LogP contribution in [0.25, 0.3) is 11.1 Å². The fourth-order valence-corrected chi connectivity index (χ4v) is 3.40. The number of para-hydroxylation sites is 2. The molecule has 134 valence electrons. The largest absolute Gasteiger partial charge is 0.495 e. The van der Waals surface area contributed by atoms with Gasteiger partial charge in [-0.3, -0.25) is 4.79 Å². The number of carbonyl (C=O) groups excluding carboxylic acids is 1. The number of oxazole rings is 1. The van der Waals surface area contributed by atoms with Crippen LogP contribution in [0.2, 0.25) is 0 Å². The van der Waals surface area contributed by atoms with Gasteiger partial charge in [-0.25, -0.2) is 4.98 Å². The maximum atomic E-state index is 12.8. The lowest BCUT2D eigenvalue weighted by Gasteiger charge is -2.36. The Labute approximate surface area is 152 Å². The Kier molecular flexibility index (Phi) is 4.24. The van der Waals surface area contributed by atoms with Gasteiger partial charge in [-0.2, -0.15) is 0 Å². The third-order valence-corrected chi connectivity index (χ3v) is 4.73. The smallest absolute Gasteiger partial charge is 0.254 e. The SMILES string of the molecule is COc1ccccc1N1CCN(C(=O)c2ccc3oc(C)nc3c2)CC1. The second kappa shape index (κ2) is 6.71. The summed E-state index contributed by atoms with van der Waals surface area (Å²) in [6.07, 6.45) is 0. The summed E-state index contributed by atoms with van der Waals surface area (Å²) in [6.45, 7) is 4.70. The van der Waals surface area contributed by atoms with Gasteiger partial charge in [0.05, 0.1) is 12.8 Å². The van der Waals surface area contributed by atoms with Crippen molar-refractivity contribution in [3.8, 4) is 5.75 Å². The van der Waals surface area contributed by atoms with Crippen LogP contribution < -0.4 is 9.64 Å². The molecule has 6 heteroatoms. The van der Waals surface area contributed by atoms with E-state index >= 15 is 0 Å². The standard InChI is InChI=1S/C20H21N3O3/c1-14-21-16-13-15(7-8-18(16)26-14)20(24)23-11-9-22(10-12-23)17-5-3-4-6-19(17)25-2/h3-8,13H,9-12H2,1-2H3. The number of amides is 1. The first-order valence-corrected chi connectivity index (χ1v) is 8.70. The van der Waals surface area contributed by atoms with Crippen molar-refractivity contribution in [1.82, 2.24) is 9.88 Å². The van der Waals surface area contributed by atoms with E-state index in [9.17, 15) is 4.79 Å². The fourth-order valence-electron chi connectivity index (χ4n) is 3.40. The second-order valence-corrected chi connectivity index (χ2v) is 6.37. The number of carbonyl (C=O) groups is 1. The highest BCUT2D eigenvalue weighted by Crippen LogP contribution is 2.28. The molecule has 1 aliphatic rings. The zero-order chi connectivity index (χ0) is 18.1. The number of aromatic nitrogens is 1. The molecule has 3 aromatic rings. The number of aryl methyl sites for hydroxylation is 1. The molecule has 1 amide bonds. The first-order valence-electron chi connectivity index (χ1n) is 8.70. The molecule has 2 heterocycles. The van der Waals surface area contributed by atoms with Crippen molar-refractivity contribution in [3.63, 3.8) is 0 Å². The third kappa shape index (κ3) is 2.98. The Hall–Kier alpha value is -3.02. The molecule has 0 unspecified atom stereocenters. The van der Waals surface area contributed by atoms with Crippen molar-refractivity contribution >= 4 is 22.7 Å². The first-order chi connectivity index (χ1) is 12.7. The van der Waals surface area contributed by atoms with Gasteiger partial charge >= 0.3 is 0 Å². The van der Waals surface area contributed by atoms with Gasteiger partial charge in [0.1, 0.15) is 11.3 Å². The number of ether oxygens (including phenoxy) is 1. The molecule has 4 rings (SSSR count). The molecule has 0 saturated carbocycles. The molecule has 26 heavy (non-hydrogen) atoms. The number of nitrogens with zero attached hydrogens (tertiary/aromatic N) is 3. The molecule has 1 saturated heterocycles. The molecule has 1 aliphatic heterocycles. The zero-order valence-electron chi connectivity index (χ0n) is 14.9. The molecule has 2 aromatic carbocycles. The average Bonchev–Trinajstić information content (AvgIpc) is 3.06. The Balaban J connectivity index is 1.47. The highest BCUT2D eigenvalue weighted by Gasteiger charge is 2.24. The van der Waals surface area contributed by atoms with Gasteiger partial charge < -0.3 is 19.0 Å². The van der Waals surface area contributed by atoms with Crippen LogP contribution in [-0.2, 0) is 0 Å². The maximum Gasteiger partial charge on any atom is 0.254 e. The van der Waals surface area contributed by atoms with E-state index in [4.69, 9.17) is 9.15 Å². The minimum atomic E-state index is 0.0345. The number of fused-ring (bicyclic) bond motifs is 1. The van der Waals surface area contributed by atoms with Gasteiger partial charge in [0.25, 0.3) is 5.91 Å². The third-order valence-electron chi connectivity index (χ3n) is 4.73. The fraction of sp³-hybridized carbons (Fsp3) is 0.300. The molecule has 1 fully saturated rings. The van der Waals surface area contributed by atoms with E-state index in [0.717, 1.165) is 30.0 Å². The highest BCUT2D eigenvalue weighted by atomic mass is 16.5. The molecule has 0 aliphatic carbocycles. The lowest BCUT2D eigenvalue weighted by atomic mass is 10.1. The maximum absolute atomic E-state index is 12.8. The van der Waals surface area contributed by atoms with Crippen molar-refractivity contribution < 1.29 is 13.9 Å². The molecule has 0 atom stereocenters. The van der Waals surface area contributed by atoms with Gasteiger partial charge in [-0.05, 0) is 30.3 Å². The number of hydrogen-bond donors (Lipinski definition) is 0. The Bertz CT molecular complexity index is 942. The number of hydrogen-bond acceptors (Lipinski definition) is 5. The normalized spacial score (nSPS) is 14.7. The summed E-state index contributed by atoms with van der Waals surface area (Å²) in [7, 11) is 1.68. The summed E-state index contributed by atoms with van der Waals surface area (Å²) in [6, 6.07) is 13.4. The van der Waals surface area contributed by atoms with E-state index in [2.05, 4.69) is 16.0 Å². The van der Waals surface area contributed by atoms with Crippen molar-refractivity contribution in [2.24, 2.45) is 0 Å². The summed E-state index contributed by atoms with van der Waals surface area (Å²) >= 11 is 0. The van der Waals surface area contributed by atoms with Crippen LogP contribution in [0.3, 0.4) is 0 Å². The molecule has 1 aromatic heterocycles. The highest BCUT2D eigenvalue weighted by molar-refractivity contribution is 5.97. The van der Waals surface area contributed by atoms with Crippen LogP contribution in [0.5, 0.6) is 5.75 Å². The lowest BCUT2D eigenvalue weighted by Crippen LogP contribution is -2.48.